The van der Waals surface area contributed by atoms with E-state index in [2.05, 4.69) is 11.8 Å². The molecule has 1 atom stereocenters. The number of carbonyl (C=O) groups excluding carboxylic acids is 1. The summed E-state index contributed by atoms with van der Waals surface area (Å²) < 4.78 is 5.30. The topological polar surface area (TPSA) is 29.5 Å². The molecule has 0 aromatic rings. The molecule has 0 saturated carbocycles. The van der Waals surface area contributed by atoms with Gasteiger partial charge in [0.1, 0.15) is 5.60 Å². The zero-order valence-corrected chi connectivity index (χ0v) is 16.5. The summed E-state index contributed by atoms with van der Waals surface area (Å²) in [5.41, 5.74) is -0.343. The van der Waals surface area contributed by atoms with Crippen LogP contribution in [0.5, 0.6) is 0 Å². The third-order valence-electron chi connectivity index (χ3n) is 3.48. The maximum absolute atomic E-state index is 11.5. The first-order valence-corrected chi connectivity index (χ1v) is 9.35. The second kappa shape index (κ2) is 14.0. The van der Waals surface area contributed by atoms with E-state index in [0.29, 0.717) is 6.42 Å². The van der Waals surface area contributed by atoms with Crippen LogP contribution in [0.2, 0.25) is 0 Å². The van der Waals surface area contributed by atoms with Crippen molar-refractivity contribution in [2.45, 2.75) is 93.1 Å². The molecule has 1 unspecified atom stereocenters. The second-order valence-electron chi connectivity index (χ2n) is 6.38. The Morgan fingerprint density at radius 2 is 1.73 bits per heavy atom. The Morgan fingerprint density at radius 1 is 1.14 bits per heavy atom. The highest BCUT2D eigenvalue weighted by atomic mass is 16.6. The van der Waals surface area contributed by atoms with Gasteiger partial charge in [0.15, 0.2) is 0 Å². The fourth-order valence-electron chi connectivity index (χ4n) is 2.53. The van der Waals surface area contributed by atoms with Gasteiger partial charge in [-0.05, 0) is 59.0 Å². The molecule has 22 heavy (non-hydrogen) atoms. The van der Waals surface area contributed by atoms with Crippen LogP contribution in [0.25, 0.3) is 0 Å². The van der Waals surface area contributed by atoms with Crippen molar-refractivity contribution in [3.63, 3.8) is 0 Å². The summed E-state index contributed by atoms with van der Waals surface area (Å²) in [4.78, 5) is 14.0. The Balaban J connectivity index is 0. The van der Waals surface area contributed by atoms with Crippen LogP contribution in [0.4, 0.5) is 0 Å². The Labute approximate surface area is 139 Å². The zero-order chi connectivity index (χ0) is 17.6. The number of esters is 1. The molecular formula is C19H41NO2. The zero-order valence-electron chi connectivity index (χ0n) is 16.5. The standard InChI is InChI=1S/C15H29NO2.2C2H6/c1-5-16-11-10-13(12-16)8-6-7-9-14(17)18-15(2,3)4;2*1-2/h13H,5-12H2,1-4H3;2*1-2H3. The summed E-state index contributed by atoms with van der Waals surface area (Å²) in [7, 11) is 0. The average Bonchev–Trinajstić information content (AvgIpc) is 2.94. The highest BCUT2D eigenvalue weighted by Gasteiger charge is 2.21. The quantitative estimate of drug-likeness (QED) is 0.493. The van der Waals surface area contributed by atoms with Gasteiger partial charge in [0.05, 0.1) is 0 Å². The van der Waals surface area contributed by atoms with Crippen molar-refractivity contribution in [1.82, 2.24) is 4.90 Å². The molecule has 1 heterocycles. The first-order valence-electron chi connectivity index (χ1n) is 9.35. The second-order valence-corrected chi connectivity index (χ2v) is 6.38. The van der Waals surface area contributed by atoms with E-state index in [1.807, 2.05) is 48.5 Å². The maximum Gasteiger partial charge on any atom is 0.306 e. The van der Waals surface area contributed by atoms with Crippen molar-refractivity contribution in [3.05, 3.63) is 0 Å². The third kappa shape index (κ3) is 13.1. The first-order chi connectivity index (χ1) is 10.4. The van der Waals surface area contributed by atoms with Crippen LogP contribution in [0.15, 0.2) is 0 Å². The number of unbranched alkanes of at least 4 members (excludes halogenated alkanes) is 1. The molecule has 0 N–H and O–H groups in total. The lowest BCUT2D eigenvalue weighted by Gasteiger charge is -2.19. The van der Waals surface area contributed by atoms with E-state index in [-0.39, 0.29) is 11.6 Å². The normalized spacial score (nSPS) is 17.9. The largest absolute Gasteiger partial charge is 0.460 e. The average molecular weight is 316 g/mol. The van der Waals surface area contributed by atoms with E-state index in [4.69, 9.17) is 4.74 Å². The van der Waals surface area contributed by atoms with Crippen LogP contribution in [0.1, 0.15) is 87.5 Å². The monoisotopic (exact) mass is 315 g/mol. The number of ether oxygens (including phenoxy) is 1. The lowest BCUT2D eigenvalue weighted by atomic mass is 10.0. The molecule has 0 aromatic carbocycles. The van der Waals surface area contributed by atoms with Gasteiger partial charge in [-0.3, -0.25) is 4.79 Å². The number of rotatable bonds is 6. The van der Waals surface area contributed by atoms with Crippen LogP contribution in [-0.4, -0.2) is 36.1 Å². The van der Waals surface area contributed by atoms with Crippen molar-refractivity contribution in [1.29, 1.82) is 0 Å². The van der Waals surface area contributed by atoms with Gasteiger partial charge in [-0.25, -0.2) is 0 Å². The number of hydrogen-bond donors (Lipinski definition) is 0. The smallest absolute Gasteiger partial charge is 0.306 e. The number of carbonyl (C=O) groups is 1. The Hall–Kier alpha value is -0.570. The summed E-state index contributed by atoms with van der Waals surface area (Å²) in [6, 6.07) is 0. The van der Waals surface area contributed by atoms with Crippen molar-refractivity contribution in [2.75, 3.05) is 19.6 Å². The van der Waals surface area contributed by atoms with Crippen molar-refractivity contribution in [3.8, 4) is 0 Å². The van der Waals surface area contributed by atoms with E-state index in [9.17, 15) is 4.79 Å². The van der Waals surface area contributed by atoms with Gasteiger partial charge < -0.3 is 9.64 Å². The molecular weight excluding hydrogens is 274 g/mol. The van der Waals surface area contributed by atoms with Crippen molar-refractivity contribution < 1.29 is 9.53 Å². The first kappa shape index (κ1) is 23.7. The summed E-state index contributed by atoms with van der Waals surface area (Å²) in [6.45, 7) is 19.7. The van der Waals surface area contributed by atoms with Crippen molar-refractivity contribution >= 4 is 5.97 Å². The molecule has 1 fully saturated rings. The van der Waals surface area contributed by atoms with Crippen LogP contribution in [0.3, 0.4) is 0 Å². The minimum Gasteiger partial charge on any atom is -0.460 e. The Kier molecular flexibility index (Phi) is 15.1. The van der Waals surface area contributed by atoms with Gasteiger partial charge in [0.2, 0.25) is 0 Å². The molecule has 0 aliphatic carbocycles. The summed E-state index contributed by atoms with van der Waals surface area (Å²) in [5.74, 6) is 0.799. The van der Waals surface area contributed by atoms with Gasteiger partial charge in [0.25, 0.3) is 0 Å². The minimum atomic E-state index is -0.343. The highest BCUT2D eigenvalue weighted by molar-refractivity contribution is 5.69. The lowest BCUT2D eigenvalue weighted by molar-refractivity contribution is -0.154. The summed E-state index contributed by atoms with van der Waals surface area (Å²) in [5, 5.41) is 0. The van der Waals surface area contributed by atoms with Crippen LogP contribution >= 0.6 is 0 Å². The maximum atomic E-state index is 11.5. The van der Waals surface area contributed by atoms with Crippen molar-refractivity contribution in [2.24, 2.45) is 5.92 Å². The number of hydrogen-bond acceptors (Lipinski definition) is 3. The van der Waals surface area contributed by atoms with Crippen LogP contribution in [0, 0.1) is 5.92 Å². The van der Waals surface area contributed by atoms with E-state index < -0.39 is 0 Å². The molecule has 1 rings (SSSR count). The molecule has 0 radical (unpaired) electrons. The van der Waals surface area contributed by atoms with E-state index >= 15 is 0 Å². The fraction of sp³-hybridized carbons (Fsp3) is 0.947. The Bertz CT molecular complexity index is 259. The predicted octanol–water partition coefficient (Wildman–Crippen LogP) is 5.28. The molecule has 1 aliphatic rings. The van der Waals surface area contributed by atoms with Gasteiger partial charge >= 0.3 is 5.97 Å². The lowest BCUT2D eigenvalue weighted by Crippen LogP contribution is -2.23. The van der Waals surface area contributed by atoms with E-state index in [1.54, 1.807) is 0 Å². The van der Waals surface area contributed by atoms with Crippen LogP contribution in [-0.2, 0) is 9.53 Å². The number of likely N-dealkylation sites (tertiary alicyclic amines) is 1. The fourth-order valence-corrected chi connectivity index (χ4v) is 2.53. The van der Waals surface area contributed by atoms with Gasteiger partial charge in [-0.15, -0.1) is 0 Å². The van der Waals surface area contributed by atoms with E-state index in [1.165, 1.54) is 32.5 Å². The highest BCUT2D eigenvalue weighted by Crippen LogP contribution is 2.22. The molecule has 0 aromatic heterocycles. The molecule has 1 saturated heterocycles. The van der Waals surface area contributed by atoms with E-state index in [0.717, 1.165) is 18.8 Å². The molecule has 0 amide bonds. The SMILES string of the molecule is CC.CC.CCN1CCC(CCCCC(=O)OC(C)(C)C)C1. The van der Waals surface area contributed by atoms with Crippen LogP contribution < -0.4 is 0 Å². The molecule has 0 bridgehead atoms. The van der Waals surface area contributed by atoms with Gasteiger partial charge in [-0.2, -0.15) is 0 Å². The molecule has 134 valence electrons. The predicted molar refractivity (Wildman–Crippen MR) is 97.2 cm³/mol. The van der Waals surface area contributed by atoms with Gasteiger partial charge in [0, 0.05) is 13.0 Å². The number of nitrogens with zero attached hydrogens (tertiary/aromatic N) is 1. The Morgan fingerprint density at radius 3 is 2.18 bits per heavy atom. The van der Waals surface area contributed by atoms with Gasteiger partial charge in [-0.1, -0.05) is 41.0 Å². The molecule has 1 aliphatic heterocycles. The summed E-state index contributed by atoms with van der Waals surface area (Å²) in [6.07, 6.45) is 5.29. The third-order valence-corrected chi connectivity index (χ3v) is 3.48. The molecule has 0 spiro atoms. The minimum absolute atomic E-state index is 0.0518. The summed E-state index contributed by atoms with van der Waals surface area (Å²) >= 11 is 0. The molecule has 3 heteroatoms. The molecule has 3 nitrogen and oxygen atoms in total.